The molecule has 0 nitrogen and oxygen atoms in total. The summed E-state index contributed by atoms with van der Waals surface area (Å²) in [5.41, 5.74) is 5.24. The third kappa shape index (κ3) is 13.0. The van der Waals surface area contributed by atoms with Crippen LogP contribution in [0.1, 0.15) is 37.8 Å². The fourth-order valence-electron chi connectivity index (χ4n) is 3.64. The summed E-state index contributed by atoms with van der Waals surface area (Å²) in [5, 5.41) is 5.39. The molecule has 0 atom stereocenters. The molecule has 0 unspecified atom stereocenters. The van der Waals surface area contributed by atoms with Crippen molar-refractivity contribution in [1.82, 2.24) is 0 Å². The molecule has 0 aliphatic heterocycles. The standard InChI is InChI=1S/2C10H9.2C6H7.2ClH.2Zr/c2*1-8-6-9-4-2-3-5-10(9)7-8;2*1-6-4-2-3-5-6;;;;/h2*2-7H,1H3;2*2,4H,3H2,1H3;2*1H;;/q4*-1;;;2*+2/p-2. The molecule has 0 amide bonds. The first kappa shape index (κ1) is 37.1. The van der Waals surface area contributed by atoms with Gasteiger partial charge in [-0.1, -0.05) is 39.8 Å². The third-order valence-corrected chi connectivity index (χ3v) is 5.26. The summed E-state index contributed by atoms with van der Waals surface area (Å²) in [6.07, 6.45) is 16.7. The molecular weight excluding hydrogens is 638 g/mol. The first-order valence-electron chi connectivity index (χ1n) is 11.2. The number of rotatable bonds is 0. The second-order valence-corrected chi connectivity index (χ2v) is 8.26. The molecule has 184 valence electrons. The molecule has 4 aromatic carbocycles. The SMILES string of the molecule is CC1=[C-]CC=C1.CC1=[C-]CC=C1.Cc1cc2ccccc2[cH-]1.Cc1cc2ccccc2[cH-]1.[Cl-].[Cl-].[Zr+2].[Zr+2]. The Morgan fingerprint density at radius 1 is 0.583 bits per heavy atom. The number of halogens is 2. The summed E-state index contributed by atoms with van der Waals surface area (Å²) >= 11 is 0. The summed E-state index contributed by atoms with van der Waals surface area (Å²) < 4.78 is 0. The van der Waals surface area contributed by atoms with Crippen LogP contribution in [0.4, 0.5) is 0 Å². The Morgan fingerprint density at radius 2 is 0.944 bits per heavy atom. The van der Waals surface area contributed by atoms with E-state index >= 15 is 0 Å². The number of fused-ring (bicyclic) bond motifs is 2. The Hall–Kier alpha value is -1.03. The monoisotopic (exact) mass is 666 g/mol. The van der Waals surface area contributed by atoms with Gasteiger partial charge in [0.25, 0.3) is 0 Å². The minimum Gasteiger partial charge on any atom is -1.00 e. The fourth-order valence-corrected chi connectivity index (χ4v) is 3.64. The van der Waals surface area contributed by atoms with Crippen molar-refractivity contribution >= 4 is 21.5 Å². The van der Waals surface area contributed by atoms with Crippen molar-refractivity contribution in [2.24, 2.45) is 0 Å². The summed E-state index contributed by atoms with van der Waals surface area (Å²) in [5.74, 6) is 0. The molecule has 2 aliphatic rings. The first-order valence-corrected chi connectivity index (χ1v) is 11.2. The number of allylic oxidation sites excluding steroid dienone is 8. The second kappa shape index (κ2) is 20.0. The van der Waals surface area contributed by atoms with E-state index in [-0.39, 0.29) is 77.2 Å². The molecule has 36 heavy (non-hydrogen) atoms. The van der Waals surface area contributed by atoms with Gasteiger partial charge in [0.05, 0.1) is 0 Å². The van der Waals surface area contributed by atoms with Gasteiger partial charge in [-0.25, -0.2) is 23.3 Å². The van der Waals surface area contributed by atoms with Crippen LogP contribution >= 0.6 is 0 Å². The molecule has 0 fully saturated rings. The van der Waals surface area contributed by atoms with Gasteiger partial charge >= 0.3 is 52.4 Å². The largest absolute Gasteiger partial charge is 2.00 e. The molecular formula is C32H32Cl2Zr2-2. The zero-order valence-corrected chi connectivity index (χ0v) is 27.8. The van der Waals surface area contributed by atoms with Crippen LogP contribution in [0.25, 0.3) is 21.5 Å². The maximum absolute atomic E-state index is 3.12. The first-order chi connectivity index (χ1) is 15.5. The molecule has 0 heterocycles. The van der Waals surface area contributed by atoms with Crippen LogP contribution in [-0.4, -0.2) is 0 Å². The summed E-state index contributed by atoms with van der Waals surface area (Å²) in [6.45, 7) is 8.37. The number of benzene rings is 2. The van der Waals surface area contributed by atoms with Gasteiger partial charge in [0, 0.05) is 0 Å². The van der Waals surface area contributed by atoms with Crippen LogP contribution in [0.3, 0.4) is 0 Å². The van der Waals surface area contributed by atoms with Gasteiger partial charge in [0.1, 0.15) is 0 Å². The van der Waals surface area contributed by atoms with E-state index in [0.717, 1.165) is 12.8 Å². The predicted octanol–water partition coefficient (Wildman–Crippen LogP) is 3.13. The number of hydrogen-bond donors (Lipinski definition) is 0. The Balaban J connectivity index is 0. The molecule has 0 aromatic heterocycles. The van der Waals surface area contributed by atoms with E-state index in [1.54, 1.807) is 0 Å². The van der Waals surface area contributed by atoms with E-state index in [4.69, 9.17) is 0 Å². The Labute approximate surface area is 268 Å². The van der Waals surface area contributed by atoms with Crippen molar-refractivity contribution in [1.29, 1.82) is 0 Å². The van der Waals surface area contributed by atoms with Crippen LogP contribution in [0.15, 0.2) is 108 Å². The second-order valence-electron chi connectivity index (χ2n) is 8.26. The predicted molar refractivity (Wildman–Crippen MR) is 141 cm³/mol. The van der Waals surface area contributed by atoms with E-state index in [0.29, 0.717) is 0 Å². The molecule has 0 saturated carbocycles. The fraction of sp³-hybridized carbons (Fsp3) is 0.188. The quantitative estimate of drug-likeness (QED) is 0.253. The van der Waals surface area contributed by atoms with Crippen LogP contribution in [0.5, 0.6) is 0 Å². The smallest absolute Gasteiger partial charge is 1.00 e. The van der Waals surface area contributed by atoms with E-state index in [9.17, 15) is 0 Å². The van der Waals surface area contributed by atoms with Crippen molar-refractivity contribution < 1.29 is 77.2 Å². The molecule has 4 aromatic rings. The Morgan fingerprint density at radius 3 is 1.19 bits per heavy atom. The topological polar surface area (TPSA) is 0 Å². The minimum atomic E-state index is 0. The van der Waals surface area contributed by atoms with E-state index in [1.807, 2.05) is 0 Å². The Kier molecular flexibility index (Phi) is 20.6. The molecule has 0 bridgehead atoms. The zero-order chi connectivity index (χ0) is 22.8. The average molecular weight is 670 g/mol. The summed E-state index contributed by atoms with van der Waals surface area (Å²) in [7, 11) is 0. The molecule has 0 N–H and O–H groups in total. The van der Waals surface area contributed by atoms with Crippen molar-refractivity contribution in [3.05, 3.63) is 132 Å². The van der Waals surface area contributed by atoms with Crippen LogP contribution in [-0.2, 0) is 52.4 Å². The van der Waals surface area contributed by atoms with Crippen molar-refractivity contribution in [3.8, 4) is 0 Å². The van der Waals surface area contributed by atoms with Crippen LogP contribution < -0.4 is 24.8 Å². The van der Waals surface area contributed by atoms with Gasteiger partial charge in [-0.05, 0) is 0 Å². The molecule has 4 heteroatoms. The molecule has 0 radical (unpaired) electrons. The van der Waals surface area contributed by atoms with Gasteiger partial charge in [-0.3, -0.25) is 12.2 Å². The molecule has 2 aliphatic carbocycles. The van der Waals surface area contributed by atoms with Crippen LogP contribution in [0.2, 0.25) is 0 Å². The molecule has 0 saturated heterocycles. The van der Waals surface area contributed by atoms with Gasteiger partial charge in [-0.15, -0.1) is 94.0 Å². The summed E-state index contributed by atoms with van der Waals surface area (Å²) in [4.78, 5) is 0. The van der Waals surface area contributed by atoms with Crippen molar-refractivity contribution in [2.75, 3.05) is 0 Å². The van der Waals surface area contributed by atoms with Crippen molar-refractivity contribution in [2.45, 2.75) is 40.5 Å². The Bertz CT molecular complexity index is 1100. The zero-order valence-electron chi connectivity index (χ0n) is 21.4. The summed E-state index contributed by atoms with van der Waals surface area (Å²) in [6, 6.07) is 25.7. The van der Waals surface area contributed by atoms with Gasteiger partial charge in [0.2, 0.25) is 0 Å². The average Bonchev–Trinajstić information content (AvgIpc) is 3.56. The van der Waals surface area contributed by atoms with E-state index < -0.39 is 0 Å². The normalized spacial score (nSPS) is 12.0. The third-order valence-electron chi connectivity index (χ3n) is 5.26. The van der Waals surface area contributed by atoms with Gasteiger partial charge in [-0.2, -0.15) is 24.3 Å². The number of hydrogen-bond acceptors (Lipinski definition) is 0. The minimum absolute atomic E-state index is 0. The van der Waals surface area contributed by atoms with E-state index in [1.165, 1.54) is 43.8 Å². The maximum atomic E-state index is 3.12. The number of aryl methyl sites for hydroxylation is 2. The van der Waals surface area contributed by atoms with Crippen molar-refractivity contribution in [3.63, 3.8) is 0 Å². The van der Waals surface area contributed by atoms with E-state index in [2.05, 4.69) is 137 Å². The van der Waals surface area contributed by atoms with Gasteiger partial charge < -0.3 is 24.8 Å². The molecule has 6 rings (SSSR count). The van der Waals surface area contributed by atoms with Crippen LogP contribution in [0, 0.1) is 26.0 Å². The maximum Gasteiger partial charge on any atom is 2.00 e. The molecule has 0 spiro atoms. The van der Waals surface area contributed by atoms with Gasteiger partial charge in [0.15, 0.2) is 0 Å².